The Balaban J connectivity index is 2.11. The molecular formula is C12H17NO. The van der Waals surface area contributed by atoms with Gasteiger partial charge in [-0.1, -0.05) is 39.0 Å². The van der Waals surface area contributed by atoms with E-state index >= 15 is 0 Å². The first-order valence-electron chi connectivity index (χ1n) is 5.28. The molecule has 0 saturated heterocycles. The normalized spacial score (nSPS) is 30.6. The van der Waals surface area contributed by atoms with Crippen LogP contribution in [0.5, 0.6) is 0 Å². The van der Waals surface area contributed by atoms with Gasteiger partial charge in [0.05, 0.1) is 6.04 Å². The second-order valence-corrected chi connectivity index (χ2v) is 4.35. The van der Waals surface area contributed by atoms with Gasteiger partial charge >= 0.3 is 0 Å². The molecule has 1 aliphatic carbocycles. The molecular weight excluding hydrogens is 174 g/mol. The second-order valence-electron chi connectivity index (χ2n) is 4.35. The van der Waals surface area contributed by atoms with Crippen LogP contribution in [0.15, 0.2) is 28.8 Å². The minimum Gasteiger partial charge on any atom is -0.475 e. The Hall–Kier alpha value is -1.05. The molecule has 2 atom stereocenters. The van der Waals surface area contributed by atoms with Crippen molar-refractivity contribution >= 4 is 5.90 Å². The Bertz CT molecular complexity index is 312. The topological polar surface area (TPSA) is 21.6 Å². The molecule has 1 aliphatic heterocycles. The molecule has 0 amide bonds. The quantitative estimate of drug-likeness (QED) is 0.657. The van der Waals surface area contributed by atoms with Crippen molar-refractivity contribution in [2.75, 3.05) is 6.61 Å². The third-order valence-electron chi connectivity index (χ3n) is 2.86. The largest absolute Gasteiger partial charge is 0.475 e. The van der Waals surface area contributed by atoms with Gasteiger partial charge < -0.3 is 4.74 Å². The lowest BCUT2D eigenvalue weighted by atomic mass is 10.1. The molecule has 1 heterocycles. The van der Waals surface area contributed by atoms with E-state index in [-0.39, 0.29) is 0 Å². The van der Waals surface area contributed by atoms with Gasteiger partial charge in [0.1, 0.15) is 6.61 Å². The lowest BCUT2D eigenvalue weighted by Gasteiger charge is -2.07. The molecule has 0 radical (unpaired) electrons. The second kappa shape index (κ2) is 3.60. The summed E-state index contributed by atoms with van der Waals surface area (Å²) >= 11 is 0. The van der Waals surface area contributed by atoms with Gasteiger partial charge in [0.25, 0.3) is 0 Å². The molecule has 76 valence electrons. The van der Waals surface area contributed by atoms with Crippen molar-refractivity contribution in [3.63, 3.8) is 0 Å². The Morgan fingerprint density at radius 1 is 1.50 bits per heavy atom. The highest BCUT2D eigenvalue weighted by Gasteiger charge is 2.26. The third kappa shape index (κ3) is 1.61. The van der Waals surface area contributed by atoms with E-state index in [9.17, 15) is 0 Å². The molecule has 14 heavy (non-hydrogen) atoms. The maximum Gasteiger partial charge on any atom is 0.212 e. The van der Waals surface area contributed by atoms with Crippen LogP contribution in [0.4, 0.5) is 0 Å². The lowest BCUT2D eigenvalue weighted by Crippen LogP contribution is -2.13. The number of ether oxygens (including phenoxy) is 1. The molecule has 0 fully saturated rings. The molecule has 0 saturated carbocycles. The monoisotopic (exact) mass is 191 g/mol. The van der Waals surface area contributed by atoms with Gasteiger partial charge in [-0.25, -0.2) is 4.99 Å². The van der Waals surface area contributed by atoms with Crippen LogP contribution in [0, 0.1) is 11.8 Å². The van der Waals surface area contributed by atoms with Crippen molar-refractivity contribution in [1.29, 1.82) is 0 Å². The summed E-state index contributed by atoms with van der Waals surface area (Å²) in [6.45, 7) is 7.29. The van der Waals surface area contributed by atoms with Gasteiger partial charge in [-0.15, -0.1) is 0 Å². The van der Waals surface area contributed by atoms with E-state index in [4.69, 9.17) is 4.74 Å². The molecule has 2 heteroatoms. The lowest BCUT2D eigenvalue weighted by molar-refractivity contribution is 0.290. The minimum atomic E-state index is 0.346. The Kier molecular flexibility index (Phi) is 2.44. The summed E-state index contributed by atoms with van der Waals surface area (Å²) in [7, 11) is 0. The van der Waals surface area contributed by atoms with E-state index in [1.807, 2.05) is 0 Å². The van der Waals surface area contributed by atoms with Gasteiger partial charge in [-0.2, -0.15) is 0 Å². The maximum atomic E-state index is 5.62. The number of hydrogen-bond donors (Lipinski definition) is 0. The maximum absolute atomic E-state index is 5.62. The van der Waals surface area contributed by atoms with Gasteiger partial charge in [-0.3, -0.25) is 0 Å². The van der Waals surface area contributed by atoms with Crippen molar-refractivity contribution in [1.82, 2.24) is 0 Å². The fourth-order valence-corrected chi connectivity index (χ4v) is 1.74. The number of rotatable bonds is 2. The molecule has 2 nitrogen and oxygen atoms in total. The van der Waals surface area contributed by atoms with E-state index < -0.39 is 0 Å². The van der Waals surface area contributed by atoms with Gasteiger partial charge in [0.15, 0.2) is 0 Å². The molecule has 2 aliphatic rings. The van der Waals surface area contributed by atoms with Gasteiger partial charge in [0.2, 0.25) is 5.90 Å². The molecule has 0 aromatic rings. The van der Waals surface area contributed by atoms with Crippen LogP contribution >= 0.6 is 0 Å². The zero-order valence-electron chi connectivity index (χ0n) is 9.03. The van der Waals surface area contributed by atoms with E-state index in [1.165, 1.54) is 5.57 Å². The smallest absolute Gasteiger partial charge is 0.212 e. The Morgan fingerprint density at radius 2 is 2.29 bits per heavy atom. The predicted octanol–water partition coefficient (Wildman–Crippen LogP) is 2.57. The van der Waals surface area contributed by atoms with E-state index in [0.29, 0.717) is 17.9 Å². The molecule has 0 aromatic carbocycles. The summed E-state index contributed by atoms with van der Waals surface area (Å²) in [5.74, 6) is 1.89. The van der Waals surface area contributed by atoms with E-state index in [0.717, 1.165) is 12.5 Å². The summed E-state index contributed by atoms with van der Waals surface area (Å²) in [5, 5.41) is 0. The predicted molar refractivity (Wildman–Crippen MR) is 58.4 cm³/mol. The van der Waals surface area contributed by atoms with E-state index in [1.54, 1.807) is 0 Å². The van der Waals surface area contributed by atoms with Crippen LogP contribution in [-0.4, -0.2) is 18.5 Å². The van der Waals surface area contributed by atoms with Crippen molar-refractivity contribution in [2.24, 2.45) is 16.8 Å². The van der Waals surface area contributed by atoms with Crippen LogP contribution in [0.25, 0.3) is 0 Å². The first-order chi connectivity index (χ1) is 6.68. The summed E-state index contributed by atoms with van der Waals surface area (Å²) in [6, 6.07) is 0.346. The highest BCUT2D eigenvalue weighted by Crippen LogP contribution is 2.25. The molecule has 2 rings (SSSR count). The van der Waals surface area contributed by atoms with E-state index in [2.05, 4.69) is 44.0 Å². The fourth-order valence-electron chi connectivity index (χ4n) is 1.74. The Labute approximate surface area is 85.4 Å². The van der Waals surface area contributed by atoms with Crippen molar-refractivity contribution in [2.45, 2.75) is 26.8 Å². The number of nitrogens with zero attached hydrogens (tertiary/aromatic N) is 1. The summed E-state index contributed by atoms with van der Waals surface area (Å²) in [4.78, 5) is 4.61. The van der Waals surface area contributed by atoms with Crippen LogP contribution in [0.2, 0.25) is 0 Å². The first kappa shape index (κ1) is 9.50. The first-order valence-corrected chi connectivity index (χ1v) is 5.28. The molecule has 0 bridgehead atoms. The zero-order valence-corrected chi connectivity index (χ0v) is 9.03. The Morgan fingerprint density at radius 3 is 2.79 bits per heavy atom. The molecule has 1 unspecified atom stereocenters. The summed E-state index contributed by atoms with van der Waals surface area (Å²) in [5.41, 5.74) is 1.23. The van der Waals surface area contributed by atoms with Crippen LogP contribution < -0.4 is 0 Å². The average molecular weight is 191 g/mol. The van der Waals surface area contributed by atoms with Crippen molar-refractivity contribution in [3.05, 3.63) is 23.8 Å². The minimum absolute atomic E-state index is 0.346. The van der Waals surface area contributed by atoms with Crippen LogP contribution in [-0.2, 0) is 4.74 Å². The molecule has 0 N–H and O–H groups in total. The SMILES string of the molecule is CC1C=CC=C1C1=N[C@@H](C(C)C)CO1. The highest BCUT2D eigenvalue weighted by molar-refractivity contribution is 5.96. The highest BCUT2D eigenvalue weighted by atomic mass is 16.5. The number of hydrogen-bond acceptors (Lipinski definition) is 2. The van der Waals surface area contributed by atoms with Crippen LogP contribution in [0.3, 0.4) is 0 Å². The van der Waals surface area contributed by atoms with Crippen LogP contribution in [0.1, 0.15) is 20.8 Å². The molecule has 0 spiro atoms. The average Bonchev–Trinajstić information content (AvgIpc) is 2.71. The number of aliphatic imine (C=N–C) groups is 1. The fraction of sp³-hybridized carbons (Fsp3) is 0.583. The standard InChI is InChI=1S/C12H17NO/c1-8(2)11-7-14-12(13-11)10-6-4-5-9(10)3/h4-6,8-9,11H,7H2,1-3H3/t9?,11-/m1/s1. The molecule has 0 aromatic heterocycles. The zero-order chi connectivity index (χ0) is 10.1. The summed E-state index contributed by atoms with van der Waals surface area (Å²) < 4.78 is 5.62. The van der Waals surface area contributed by atoms with Crippen molar-refractivity contribution < 1.29 is 4.74 Å². The number of allylic oxidation sites excluding steroid dienone is 3. The summed E-state index contributed by atoms with van der Waals surface area (Å²) in [6.07, 6.45) is 6.35. The van der Waals surface area contributed by atoms with Gasteiger partial charge in [0, 0.05) is 11.5 Å². The third-order valence-corrected chi connectivity index (χ3v) is 2.86. The van der Waals surface area contributed by atoms with Gasteiger partial charge in [-0.05, 0) is 5.92 Å². The van der Waals surface area contributed by atoms with Crippen molar-refractivity contribution in [3.8, 4) is 0 Å².